The lowest BCUT2D eigenvalue weighted by Gasteiger charge is -2.17. The van der Waals surface area contributed by atoms with Gasteiger partial charge in [0.05, 0.1) is 27.1 Å². The Morgan fingerprint density at radius 2 is 1.88 bits per heavy atom. The van der Waals surface area contributed by atoms with Crippen LogP contribution in [0.4, 0.5) is 8.78 Å². The van der Waals surface area contributed by atoms with Gasteiger partial charge in [0.2, 0.25) is 5.78 Å². The molecular weight excluding hydrogens is 450 g/mol. The van der Waals surface area contributed by atoms with E-state index in [-0.39, 0.29) is 29.7 Å². The first-order valence-electron chi connectivity index (χ1n) is 10.1. The first-order valence-corrected chi connectivity index (χ1v) is 10.1. The molecule has 1 unspecified atom stereocenters. The monoisotopic (exact) mass is 472 g/mol. The van der Waals surface area contributed by atoms with Crippen molar-refractivity contribution in [3.05, 3.63) is 87.1 Å². The minimum atomic E-state index is -2.66. The highest BCUT2D eigenvalue weighted by atomic mass is 19.3. The fraction of sp³-hybridized carbons (Fsp3) is 0.250. The van der Waals surface area contributed by atoms with Gasteiger partial charge in [0.1, 0.15) is 5.56 Å². The average molecular weight is 472 g/mol. The lowest BCUT2D eigenvalue weighted by atomic mass is 10.0. The standard InChI is InChI=1S/C24H22F2N2O6/c1-14-16(5-4-6-17(14)23(25)26)11-28-12-27-10-18(24(28)31)21(30)22(34-13-29)15-7-8-19(32-2)20(9-15)33-3/h4-10,12-13,22-23H,11H2,1-3H3. The number of rotatable bonds is 10. The number of benzene rings is 2. The average Bonchev–Trinajstić information content (AvgIpc) is 2.84. The molecular formula is C24H22F2N2O6. The second-order valence-corrected chi connectivity index (χ2v) is 7.26. The summed E-state index contributed by atoms with van der Waals surface area (Å²) in [6.45, 7) is 1.57. The van der Waals surface area contributed by atoms with E-state index >= 15 is 0 Å². The van der Waals surface area contributed by atoms with Gasteiger partial charge in [-0.15, -0.1) is 0 Å². The molecule has 1 aromatic heterocycles. The van der Waals surface area contributed by atoms with Crippen molar-refractivity contribution in [1.29, 1.82) is 0 Å². The van der Waals surface area contributed by atoms with Crippen LogP contribution in [0, 0.1) is 6.92 Å². The van der Waals surface area contributed by atoms with Crippen molar-refractivity contribution in [1.82, 2.24) is 9.55 Å². The van der Waals surface area contributed by atoms with Crippen LogP contribution in [0.15, 0.2) is 53.7 Å². The van der Waals surface area contributed by atoms with Gasteiger partial charge >= 0.3 is 0 Å². The van der Waals surface area contributed by atoms with Gasteiger partial charge in [0, 0.05) is 17.3 Å². The zero-order valence-electron chi connectivity index (χ0n) is 18.7. The Morgan fingerprint density at radius 3 is 2.53 bits per heavy atom. The van der Waals surface area contributed by atoms with Gasteiger partial charge in [0.15, 0.2) is 17.6 Å². The molecule has 3 aromatic rings. The summed E-state index contributed by atoms with van der Waals surface area (Å²) in [5.74, 6) is -0.108. The molecule has 178 valence electrons. The van der Waals surface area contributed by atoms with Gasteiger partial charge in [-0.3, -0.25) is 19.0 Å². The molecule has 0 aliphatic carbocycles. The van der Waals surface area contributed by atoms with Crippen molar-refractivity contribution in [3.63, 3.8) is 0 Å². The number of ether oxygens (including phenoxy) is 3. The Balaban J connectivity index is 1.99. The number of carbonyl (C=O) groups is 2. The number of ketones is 1. The first-order chi connectivity index (χ1) is 16.3. The number of nitrogens with zero attached hydrogens (tertiary/aromatic N) is 2. The van der Waals surface area contributed by atoms with Gasteiger partial charge in [-0.05, 0) is 30.2 Å². The normalized spacial score (nSPS) is 11.7. The molecule has 1 heterocycles. The highest BCUT2D eigenvalue weighted by Crippen LogP contribution is 2.32. The minimum Gasteiger partial charge on any atom is -0.493 e. The van der Waals surface area contributed by atoms with Gasteiger partial charge in [-0.25, -0.2) is 13.8 Å². The summed E-state index contributed by atoms with van der Waals surface area (Å²) in [5.41, 5.74) is -0.0993. The number of hydrogen-bond acceptors (Lipinski definition) is 7. The molecule has 2 aromatic carbocycles. The fourth-order valence-corrected chi connectivity index (χ4v) is 3.53. The Morgan fingerprint density at radius 1 is 1.15 bits per heavy atom. The summed E-state index contributed by atoms with van der Waals surface area (Å²) in [6, 6.07) is 8.89. The van der Waals surface area contributed by atoms with E-state index in [1.165, 1.54) is 57.8 Å². The van der Waals surface area contributed by atoms with Gasteiger partial charge in [-0.2, -0.15) is 0 Å². The smallest absolute Gasteiger partial charge is 0.294 e. The Hall–Kier alpha value is -4.08. The first kappa shape index (κ1) is 24.6. The largest absolute Gasteiger partial charge is 0.493 e. The second kappa shape index (κ2) is 10.7. The molecule has 34 heavy (non-hydrogen) atoms. The van der Waals surface area contributed by atoms with E-state index < -0.39 is 23.9 Å². The van der Waals surface area contributed by atoms with Crippen LogP contribution >= 0.6 is 0 Å². The Labute approximate surface area is 193 Å². The predicted molar refractivity (Wildman–Crippen MR) is 118 cm³/mol. The highest BCUT2D eigenvalue weighted by Gasteiger charge is 2.28. The molecule has 0 N–H and O–H groups in total. The maximum Gasteiger partial charge on any atom is 0.294 e. The zero-order valence-corrected chi connectivity index (χ0v) is 18.7. The Bertz CT molecular complexity index is 1260. The summed E-state index contributed by atoms with van der Waals surface area (Å²) in [5, 5.41) is 0. The predicted octanol–water partition coefficient (Wildman–Crippen LogP) is 3.65. The fourth-order valence-electron chi connectivity index (χ4n) is 3.53. The summed E-state index contributed by atoms with van der Waals surface area (Å²) in [6.07, 6.45) is -1.82. The molecule has 0 saturated carbocycles. The molecule has 8 nitrogen and oxygen atoms in total. The van der Waals surface area contributed by atoms with Crippen LogP contribution in [0.25, 0.3) is 0 Å². The number of Topliss-reactive ketones (excluding diaryl/α,β-unsaturated/α-hetero) is 1. The quantitative estimate of drug-likeness (QED) is 0.328. The second-order valence-electron chi connectivity index (χ2n) is 7.26. The zero-order chi connectivity index (χ0) is 24.8. The van der Waals surface area contributed by atoms with Crippen LogP contribution in [0.5, 0.6) is 11.5 Å². The number of hydrogen-bond donors (Lipinski definition) is 0. The van der Waals surface area contributed by atoms with Crippen LogP contribution in [0.1, 0.15) is 45.1 Å². The third kappa shape index (κ3) is 4.95. The molecule has 0 spiro atoms. The molecule has 0 aliphatic heterocycles. The molecule has 0 amide bonds. The lowest BCUT2D eigenvalue weighted by molar-refractivity contribution is -0.132. The van der Waals surface area contributed by atoms with E-state index in [0.717, 1.165) is 10.8 Å². The topological polar surface area (TPSA) is 96.7 Å². The maximum absolute atomic E-state index is 13.2. The maximum atomic E-state index is 13.2. The summed E-state index contributed by atoms with van der Waals surface area (Å²) >= 11 is 0. The SMILES string of the molecule is COc1ccc(C(OC=O)C(=O)c2cncn(Cc3cccc(C(F)F)c3C)c2=O)cc1OC. The van der Waals surface area contributed by atoms with Gasteiger partial charge in [0.25, 0.3) is 18.5 Å². The summed E-state index contributed by atoms with van der Waals surface area (Å²) in [7, 11) is 2.85. The van der Waals surface area contributed by atoms with Crippen LogP contribution in [-0.4, -0.2) is 36.0 Å². The van der Waals surface area contributed by atoms with Crippen molar-refractivity contribution >= 4 is 12.3 Å². The molecule has 0 aliphatic rings. The van der Waals surface area contributed by atoms with Gasteiger partial charge in [-0.1, -0.05) is 24.3 Å². The van der Waals surface area contributed by atoms with E-state index in [1.54, 1.807) is 6.07 Å². The van der Waals surface area contributed by atoms with E-state index in [9.17, 15) is 23.2 Å². The lowest BCUT2D eigenvalue weighted by Crippen LogP contribution is -2.30. The third-order valence-electron chi connectivity index (χ3n) is 5.37. The van der Waals surface area contributed by atoms with Gasteiger partial charge < -0.3 is 14.2 Å². The number of carbonyl (C=O) groups excluding carboxylic acids is 2. The molecule has 0 saturated heterocycles. The summed E-state index contributed by atoms with van der Waals surface area (Å²) < 4.78 is 43.0. The van der Waals surface area contributed by atoms with Crippen molar-refractivity contribution in [2.45, 2.75) is 26.0 Å². The van der Waals surface area contributed by atoms with Crippen LogP contribution in [-0.2, 0) is 16.1 Å². The molecule has 10 heteroatoms. The number of methoxy groups -OCH3 is 2. The van der Waals surface area contributed by atoms with Crippen molar-refractivity contribution in [3.8, 4) is 11.5 Å². The van der Waals surface area contributed by atoms with Crippen molar-refractivity contribution < 1.29 is 32.6 Å². The van der Waals surface area contributed by atoms with E-state index in [2.05, 4.69) is 4.98 Å². The molecule has 3 rings (SSSR count). The molecule has 0 bridgehead atoms. The van der Waals surface area contributed by atoms with Crippen LogP contribution in [0.3, 0.4) is 0 Å². The third-order valence-corrected chi connectivity index (χ3v) is 5.37. The van der Waals surface area contributed by atoms with Crippen molar-refractivity contribution in [2.24, 2.45) is 0 Å². The highest BCUT2D eigenvalue weighted by molar-refractivity contribution is 6.00. The van der Waals surface area contributed by atoms with Crippen LogP contribution < -0.4 is 15.0 Å². The Kier molecular flexibility index (Phi) is 7.72. The molecule has 0 fully saturated rings. The molecule has 1 atom stereocenters. The minimum absolute atomic E-state index is 0.0745. The number of aromatic nitrogens is 2. The van der Waals surface area contributed by atoms with E-state index in [1.807, 2.05) is 0 Å². The van der Waals surface area contributed by atoms with Crippen LogP contribution in [0.2, 0.25) is 0 Å². The summed E-state index contributed by atoms with van der Waals surface area (Å²) in [4.78, 5) is 41.4. The number of alkyl halides is 2. The molecule has 0 radical (unpaired) electrons. The number of halogens is 2. The van der Waals surface area contributed by atoms with Crippen molar-refractivity contribution in [2.75, 3.05) is 14.2 Å². The van der Waals surface area contributed by atoms with E-state index in [0.29, 0.717) is 22.6 Å². The van der Waals surface area contributed by atoms with E-state index in [4.69, 9.17) is 14.2 Å².